The molecule has 3 rings (SSSR count). The van der Waals surface area contributed by atoms with E-state index in [4.69, 9.17) is 5.11 Å². The van der Waals surface area contributed by atoms with Gasteiger partial charge in [-0.2, -0.15) is 0 Å². The Kier molecular flexibility index (Phi) is 1.71. The molecule has 0 aliphatic carbocycles. The number of carboxylic acid groups (broad SMARTS) is 1. The van der Waals surface area contributed by atoms with E-state index in [9.17, 15) is 4.79 Å². The topological polar surface area (TPSA) is 66.0 Å². The zero-order valence-corrected chi connectivity index (χ0v) is 8.27. The number of H-pyrrole nitrogens is 1. The molecule has 2 N–H and O–H groups in total. The average Bonchev–Trinajstić information content (AvgIpc) is 2.66. The summed E-state index contributed by atoms with van der Waals surface area (Å²) in [6.45, 7) is 0. The van der Waals surface area contributed by atoms with E-state index < -0.39 is 5.97 Å². The lowest BCUT2D eigenvalue weighted by Gasteiger charge is -1.94. The minimum Gasteiger partial charge on any atom is -0.478 e. The van der Waals surface area contributed by atoms with Crippen LogP contribution in [0.1, 0.15) is 10.4 Å². The maximum atomic E-state index is 10.9. The number of fused-ring (bicyclic) bond motifs is 3. The first kappa shape index (κ1) is 8.91. The number of nitrogens with zero attached hydrogens (tertiary/aromatic N) is 1. The first-order valence-corrected chi connectivity index (χ1v) is 4.84. The molecule has 78 valence electrons. The summed E-state index contributed by atoms with van der Waals surface area (Å²) in [4.78, 5) is 18.1. The fraction of sp³-hybridized carbons (Fsp3) is 0. The number of nitrogens with one attached hydrogen (secondary N) is 1. The van der Waals surface area contributed by atoms with Crippen molar-refractivity contribution < 1.29 is 9.90 Å². The van der Waals surface area contributed by atoms with E-state index >= 15 is 0 Å². The number of benzene rings is 1. The lowest BCUT2D eigenvalue weighted by Crippen LogP contribution is -1.94. The van der Waals surface area contributed by atoms with Gasteiger partial charge in [0.2, 0.25) is 0 Å². The fourth-order valence-corrected chi connectivity index (χ4v) is 1.88. The Bertz CT molecular complexity index is 700. The van der Waals surface area contributed by atoms with Crippen LogP contribution in [0.15, 0.2) is 36.7 Å². The van der Waals surface area contributed by atoms with Crippen LogP contribution in [0.5, 0.6) is 0 Å². The summed E-state index contributed by atoms with van der Waals surface area (Å²) >= 11 is 0. The van der Waals surface area contributed by atoms with Crippen molar-refractivity contribution in [1.82, 2.24) is 9.97 Å². The van der Waals surface area contributed by atoms with Crippen molar-refractivity contribution in [2.75, 3.05) is 0 Å². The van der Waals surface area contributed by atoms with E-state index in [-0.39, 0.29) is 0 Å². The highest BCUT2D eigenvalue weighted by molar-refractivity contribution is 6.08. The van der Waals surface area contributed by atoms with Gasteiger partial charge in [-0.15, -0.1) is 0 Å². The minimum absolute atomic E-state index is 0.296. The Morgan fingerprint density at radius 1 is 1.19 bits per heavy atom. The second-order valence-electron chi connectivity index (χ2n) is 3.61. The molecule has 4 heteroatoms. The molecule has 3 aromatic rings. The highest BCUT2D eigenvalue weighted by Crippen LogP contribution is 2.25. The number of aromatic nitrogens is 2. The first-order valence-electron chi connectivity index (χ1n) is 4.84. The summed E-state index contributed by atoms with van der Waals surface area (Å²) in [6, 6.07) is 6.92. The van der Waals surface area contributed by atoms with Gasteiger partial charge in [-0.05, 0) is 24.3 Å². The molecule has 0 saturated heterocycles. The molecule has 0 saturated carbocycles. The van der Waals surface area contributed by atoms with Gasteiger partial charge in [0, 0.05) is 22.5 Å². The van der Waals surface area contributed by atoms with Crippen LogP contribution in [-0.2, 0) is 0 Å². The molecule has 16 heavy (non-hydrogen) atoms. The summed E-state index contributed by atoms with van der Waals surface area (Å²) < 4.78 is 0. The SMILES string of the molecule is O=C(O)c1ccc2[nH]c3cnccc3c2c1. The molecular formula is C12H8N2O2. The van der Waals surface area contributed by atoms with E-state index in [1.54, 1.807) is 30.6 Å². The Balaban J connectivity index is 2.44. The van der Waals surface area contributed by atoms with Crippen LogP contribution in [-0.4, -0.2) is 21.0 Å². The summed E-state index contributed by atoms with van der Waals surface area (Å²) in [5, 5.41) is 10.8. The third kappa shape index (κ3) is 1.16. The fourth-order valence-electron chi connectivity index (χ4n) is 1.88. The van der Waals surface area contributed by atoms with Crippen molar-refractivity contribution >= 4 is 27.8 Å². The maximum absolute atomic E-state index is 10.9. The number of hydrogen-bond acceptors (Lipinski definition) is 2. The van der Waals surface area contributed by atoms with E-state index in [2.05, 4.69) is 9.97 Å². The highest BCUT2D eigenvalue weighted by atomic mass is 16.4. The summed E-state index contributed by atoms with van der Waals surface area (Å²) in [5.74, 6) is -0.912. The summed E-state index contributed by atoms with van der Waals surface area (Å²) in [7, 11) is 0. The molecule has 0 amide bonds. The Morgan fingerprint density at radius 2 is 2.06 bits per heavy atom. The van der Waals surface area contributed by atoms with Crippen LogP contribution in [0.25, 0.3) is 21.8 Å². The molecule has 0 unspecified atom stereocenters. The smallest absolute Gasteiger partial charge is 0.335 e. The summed E-state index contributed by atoms with van der Waals surface area (Å²) in [6.07, 6.45) is 3.43. The lowest BCUT2D eigenvalue weighted by atomic mass is 10.1. The van der Waals surface area contributed by atoms with Crippen LogP contribution in [0, 0.1) is 0 Å². The number of carbonyl (C=O) groups is 1. The van der Waals surface area contributed by atoms with Crippen molar-refractivity contribution in [3.05, 3.63) is 42.2 Å². The first-order chi connectivity index (χ1) is 7.75. The van der Waals surface area contributed by atoms with Gasteiger partial charge < -0.3 is 10.1 Å². The molecule has 4 nitrogen and oxygen atoms in total. The molecule has 0 fully saturated rings. The van der Waals surface area contributed by atoms with E-state index in [1.165, 1.54) is 0 Å². The number of hydrogen-bond donors (Lipinski definition) is 2. The van der Waals surface area contributed by atoms with Crippen LogP contribution < -0.4 is 0 Å². The van der Waals surface area contributed by atoms with Gasteiger partial charge in [0.1, 0.15) is 0 Å². The standard InChI is InChI=1S/C12H8N2O2/c15-12(16)7-1-2-10-9(5-7)8-3-4-13-6-11(8)14-10/h1-6,14H,(H,15,16). The normalized spacial score (nSPS) is 11.0. The van der Waals surface area contributed by atoms with Gasteiger partial charge in [-0.25, -0.2) is 4.79 Å². The lowest BCUT2D eigenvalue weighted by molar-refractivity contribution is 0.0697. The number of aromatic carboxylic acids is 1. The predicted molar refractivity (Wildman–Crippen MR) is 60.6 cm³/mol. The van der Waals surface area contributed by atoms with Gasteiger partial charge >= 0.3 is 5.97 Å². The van der Waals surface area contributed by atoms with E-state index in [0.717, 1.165) is 21.8 Å². The van der Waals surface area contributed by atoms with Gasteiger partial charge in [-0.3, -0.25) is 4.98 Å². The average molecular weight is 212 g/mol. The third-order valence-electron chi connectivity index (χ3n) is 2.65. The number of carboxylic acids is 1. The molecule has 0 aliphatic rings. The maximum Gasteiger partial charge on any atom is 0.335 e. The van der Waals surface area contributed by atoms with Crippen LogP contribution >= 0.6 is 0 Å². The highest BCUT2D eigenvalue weighted by Gasteiger charge is 2.07. The van der Waals surface area contributed by atoms with Crippen molar-refractivity contribution in [3.8, 4) is 0 Å². The quantitative estimate of drug-likeness (QED) is 0.651. The molecule has 2 heterocycles. The summed E-state index contributed by atoms with van der Waals surface area (Å²) in [5.41, 5.74) is 2.14. The van der Waals surface area contributed by atoms with Gasteiger partial charge in [0.15, 0.2) is 0 Å². The number of rotatable bonds is 1. The largest absolute Gasteiger partial charge is 0.478 e. The molecule has 0 bridgehead atoms. The molecule has 0 radical (unpaired) electrons. The van der Waals surface area contributed by atoms with Crippen molar-refractivity contribution in [3.63, 3.8) is 0 Å². The van der Waals surface area contributed by atoms with Crippen LogP contribution in [0.4, 0.5) is 0 Å². The molecule has 0 aliphatic heterocycles. The Morgan fingerprint density at radius 3 is 2.88 bits per heavy atom. The zero-order chi connectivity index (χ0) is 11.1. The zero-order valence-electron chi connectivity index (χ0n) is 8.27. The second kappa shape index (κ2) is 3.06. The molecule has 0 spiro atoms. The van der Waals surface area contributed by atoms with Crippen molar-refractivity contribution in [1.29, 1.82) is 0 Å². The number of aromatic amines is 1. The van der Waals surface area contributed by atoms with E-state index in [0.29, 0.717) is 5.56 Å². The van der Waals surface area contributed by atoms with Crippen molar-refractivity contribution in [2.45, 2.75) is 0 Å². The van der Waals surface area contributed by atoms with Gasteiger partial charge in [0.25, 0.3) is 0 Å². The monoisotopic (exact) mass is 212 g/mol. The van der Waals surface area contributed by atoms with E-state index in [1.807, 2.05) is 6.07 Å². The minimum atomic E-state index is -0.912. The molecule has 2 aromatic heterocycles. The molecule has 0 atom stereocenters. The van der Waals surface area contributed by atoms with Gasteiger partial charge in [-0.1, -0.05) is 0 Å². The second-order valence-corrected chi connectivity index (χ2v) is 3.61. The van der Waals surface area contributed by atoms with Crippen molar-refractivity contribution in [2.24, 2.45) is 0 Å². The Hall–Kier alpha value is -2.36. The van der Waals surface area contributed by atoms with Crippen LogP contribution in [0.2, 0.25) is 0 Å². The third-order valence-corrected chi connectivity index (χ3v) is 2.65. The Labute approximate surface area is 90.5 Å². The predicted octanol–water partition coefficient (Wildman–Crippen LogP) is 2.41. The van der Waals surface area contributed by atoms with Crippen LogP contribution in [0.3, 0.4) is 0 Å². The van der Waals surface area contributed by atoms with Gasteiger partial charge in [0.05, 0.1) is 17.3 Å². The molecule has 1 aromatic carbocycles. The number of pyridine rings is 1. The molecular weight excluding hydrogens is 204 g/mol.